The van der Waals surface area contributed by atoms with Crippen molar-refractivity contribution in [2.75, 3.05) is 13.7 Å². The molecule has 0 heterocycles. The highest BCUT2D eigenvalue weighted by molar-refractivity contribution is 5.95. The van der Waals surface area contributed by atoms with Crippen LogP contribution in [0.1, 0.15) is 5.56 Å². The van der Waals surface area contributed by atoms with Crippen LogP contribution in [0.5, 0.6) is 11.5 Å². The van der Waals surface area contributed by atoms with Crippen LogP contribution in [0.15, 0.2) is 18.2 Å². The second-order valence-electron chi connectivity index (χ2n) is 2.96. The van der Waals surface area contributed by atoms with E-state index < -0.39 is 12.6 Å². The number of methoxy groups -OCH3 is 1. The minimum Gasteiger partial charge on any atom is -0.493 e. The SMILES string of the molecule is COc1cc(C(=N)N)ccc1OCC(=O)O.Cl. The van der Waals surface area contributed by atoms with E-state index in [0.717, 1.165) is 0 Å². The van der Waals surface area contributed by atoms with E-state index in [1.165, 1.54) is 19.2 Å². The standard InChI is InChI=1S/C10H12N2O4.ClH/c1-15-8-4-6(10(11)12)2-3-7(8)16-5-9(13)14;/h2-4H,5H2,1H3,(H3,11,12)(H,13,14);1H. The highest BCUT2D eigenvalue weighted by Gasteiger charge is 2.08. The quantitative estimate of drug-likeness (QED) is 0.538. The van der Waals surface area contributed by atoms with Crippen LogP contribution in [0.2, 0.25) is 0 Å². The van der Waals surface area contributed by atoms with E-state index in [-0.39, 0.29) is 18.2 Å². The zero-order valence-electron chi connectivity index (χ0n) is 9.10. The Bertz CT molecular complexity index is 423. The van der Waals surface area contributed by atoms with Gasteiger partial charge in [-0.05, 0) is 18.2 Å². The van der Waals surface area contributed by atoms with Gasteiger partial charge in [0.15, 0.2) is 18.1 Å². The van der Waals surface area contributed by atoms with Gasteiger partial charge >= 0.3 is 5.97 Å². The molecule has 0 radical (unpaired) electrons. The second kappa shape index (κ2) is 6.59. The first kappa shape index (κ1) is 15.0. The Morgan fingerprint density at radius 1 is 1.47 bits per heavy atom. The molecule has 0 bridgehead atoms. The molecule has 0 aliphatic heterocycles. The Kier molecular flexibility index (Phi) is 5.84. The number of nitrogens with two attached hydrogens (primary N) is 1. The van der Waals surface area contributed by atoms with Gasteiger partial charge in [0.1, 0.15) is 5.84 Å². The molecule has 0 amide bonds. The molecule has 0 saturated carbocycles. The minimum atomic E-state index is -1.07. The molecule has 94 valence electrons. The van der Waals surface area contributed by atoms with Gasteiger partial charge in [0.2, 0.25) is 0 Å². The van der Waals surface area contributed by atoms with Gasteiger partial charge in [-0.3, -0.25) is 5.41 Å². The highest BCUT2D eigenvalue weighted by atomic mass is 35.5. The van der Waals surface area contributed by atoms with Crippen LogP contribution in [0.25, 0.3) is 0 Å². The number of rotatable bonds is 5. The van der Waals surface area contributed by atoms with Gasteiger partial charge < -0.3 is 20.3 Å². The maximum atomic E-state index is 10.3. The number of carbonyl (C=O) groups is 1. The molecule has 7 heteroatoms. The smallest absolute Gasteiger partial charge is 0.341 e. The lowest BCUT2D eigenvalue weighted by molar-refractivity contribution is -0.139. The van der Waals surface area contributed by atoms with Crippen molar-refractivity contribution in [2.45, 2.75) is 0 Å². The summed E-state index contributed by atoms with van der Waals surface area (Å²) in [5.41, 5.74) is 5.79. The molecule has 0 aliphatic rings. The van der Waals surface area contributed by atoms with Gasteiger partial charge in [0.05, 0.1) is 7.11 Å². The first-order valence-electron chi connectivity index (χ1n) is 4.41. The Hall–Kier alpha value is -1.95. The molecule has 0 spiro atoms. The average molecular weight is 261 g/mol. The van der Waals surface area contributed by atoms with Gasteiger partial charge in [-0.2, -0.15) is 0 Å². The molecule has 0 aliphatic carbocycles. The van der Waals surface area contributed by atoms with Crippen LogP contribution in [-0.4, -0.2) is 30.6 Å². The third-order valence-corrected chi connectivity index (χ3v) is 1.83. The summed E-state index contributed by atoms with van der Waals surface area (Å²) in [6.45, 7) is -0.449. The number of aliphatic carboxylic acids is 1. The van der Waals surface area contributed by atoms with Gasteiger partial charge in [-0.1, -0.05) is 0 Å². The second-order valence-corrected chi connectivity index (χ2v) is 2.96. The lowest BCUT2D eigenvalue weighted by Crippen LogP contribution is -2.12. The van der Waals surface area contributed by atoms with E-state index in [9.17, 15) is 4.79 Å². The third-order valence-electron chi connectivity index (χ3n) is 1.83. The summed E-state index contributed by atoms with van der Waals surface area (Å²) < 4.78 is 9.99. The van der Waals surface area contributed by atoms with Crippen molar-refractivity contribution < 1.29 is 19.4 Å². The summed E-state index contributed by atoms with van der Waals surface area (Å²) in [4.78, 5) is 10.3. The van der Waals surface area contributed by atoms with E-state index in [1.54, 1.807) is 6.07 Å². The Balaban J connectivity index is 0.00000256. The molecule has 4 N–H and O–H groups in total. The molecule has 0 aromatic heterocycles. The van der Waals surface area contributed by atoms with Crippen LogP contribution in [0.3, 0.4) is 0 Å². The van der Waals surface area contributed by atoms with E-state index in [4.69, 9.17) is 25.7 Å². The number of carboxylic acids is 1. The number of nitrogens with one attached hydrogen (secondary N) is 1. The highest BCUT2D eigenvalue weighted by Crippen LogP contribution is 2.27. The fourth-order valence-electron chi connectivity index (χ4n) is 1.09. The number of nitrogen functional groups attached to an aromatic ring is 1. The predicted molar refractivity (Wildman–Crippen MR) is 64.4 cm³/mol. The maximum Gasteiger partial charge on any atom is 0.341 e. The monoisotopic (exact) mass is 260 g/mol. The zero-order valence-corrected chi connectivity index (χ0v) is 9.91. The number of hydrogen-bond acceptors (Lipinski definition) is 4. The summed E-state index contributed by atoms with van der Waals surface area (Å²) in [6.07, 6.45) is 0. The summed E-state index contributed by atoms with van der Waals surface area (Å²) >= 11 is 0. The van der Waals surface area contributed by atoms with Crippen molar-refractivity contribution >= 4 is 24.2 Å². The van der Waals surface area contributed by atoms with E-state index in [1.807, 2.05) is 0 Å². The Morgan fingerprint density at radius 2 is 2.12 bits per heavy atom. The maximum absolute atomic E-state index is 10.3. The predicted octanol–water partition coefficient (Wildman–Crippen LogP) is 0.864. The van der Waals surface area contributed by atoms with Crippen molar-refractivity contribution in [2.24, 2.45) is 5.73 Å². The van der Waals surface area contributed by atoms with Crippen molar-refractivity contribution in [3.63, 3.8) is 0 Å². The van der Waals surface area contributed by atoms with Crippen LogP contribution in [-0.2, 0) is 4.79 Å². The fourth-order valence-corrected chi connectivity index (χ4v) is 1.09. The largest absolute Gasteiger partial charge is 0.493 e. The average Bonchev–Trinajstić information content (AvgIpc) is 2.25. The normalized spacial score (nSPS) is 9.00. The lowest BCUT2D eigenvalue weighted by Gasteiger charge is -2.10. The van der Waals surface area contributed by atoms with Gasteiger partial charge in [0, 0.05) is 5.56 Å². The van der Waals surface area contributed by atoms with E-state index in [0.29, 0.717) is 17.1 Å². The van der Waals surface area contributed by atoms with Gasteiger partial charge in [-0.15, -0.1) is 12.4 Å². The molecule has 0 saturated heterocycles. The van der Waals surface area contributed by atoms with Gasteiger partial charge in [-0.25, -0.2) is 4.79 Å². The summed E-state index contributed by atoms with van der Waals surface area (Å²) in [5.74, 6) is -0.523. The number of amidine groups is 1. The first-order chi connectivity index (χ1) is 7.54. The number of benzene rings is 1. The molecule has 1 aromatic rings. The molecule has 1 rings (SSSR count). The van der Waals surface area contributed by atoms with Crippen molar-refractivity contribution in [1.29, 1.82) is 5.41 Å². The van der Waals surface area contributed by atoms with Crippen LogP contribution in [0, 0.1) is 5.41 Å². The number of halogens is 1. The van der Waals surface area contributed by atoms with Crippen molar-refractivity contribution in [3.05, 3.63) is 23.8 Å². The number of ether oxygens (including phenoxy) is 2. The molecule has 17 heavy (non-hydrogen) atoms. The van der Waals surface area contributed by atoms with Crippen LogP contribution >= 0.6 is 12.4 Å². The van der Waals surface area contributed by atoms with Gasteiger partial charge in [0.25, 0.3) is 0 Å². The van der Waals surface area contributed by atoms with Crippen molar-refractivity contribution in [1.82, 2.24) is 0 Å². The summed E-state index contributed by atoms with van der Waals surface area (Å²) in [5, 5.41) is 15.7. The lowest BCUT2D eigenvalue weighted by atomic mass is 10.2. The third kappa shape index (κ3) is 4.20. The number of hydrogen-bond donors (Lipinski definition) is 3. The van der Waals surface area contributed by atoms with E-state index >= 15 is 0 Å². The number of carboxylic acid groups (broad SMARTS) is 1. The summed E-state index contributed by atoms with van der Waals surface area (Å²) in [6, 6.07) is 4.58. The first-order valence-corrected chi connectivity index (χ1v) is 4.41. The molecule has 1 aromatic carbocycles. The molecule has 0 atom stereocenters. The van der Waals surface area contributed by atoms with Crippen LogP contribution < -0.4 is 15.2 Å². The van der Waals surface area contributed by atoms with E-state index in [2.05, 4.69) is 0 Å². The minimum absolute atomic E-state index is 0. The molecular weight excluding hydrogens is 248 g/mol. The topological polar surface area (TPSA) is 106 Å². The van der Waals surface area contributed by atoms with Crippen molar-refractivity contribution in [3.8, 4) is 11.5 Å². The molecular formula is C10H13ClN2O4. The zero-order chi connectivity index (χ0) is 12.1. The molecule has 0 fully saturated rings. The fraction of sp³-hybridized carbons (Fsp3) is 0.200. The Labute approximate surface area is 104 Å². The van der Waals surface area contributed by atoms with Crippen LogP contribution in [0.4, 0.5) is 0 Å². The summed E-state index contributed by atoms with van der Waals surface area (Å²) in [7, 11) is 1.42. The Morgan fingerprint density at radius 3 is 2.59 bits per heavy atom. The molecule has 6 nitrogen and oxygen atoms in total. The molecule has 0 unspecified atom stereocenters.